The van der Waals surface area contributed by atoms with Gasteiger partial charge in [0, 0.05) is 49.2 Å². The number of aromatic nitrogens is 3. The van der Waals surface area contributed by atoms with Gasteiger partial charge in [0.15, 0.2) is 0 Å². The monoisotopic (exact) mass is 360 g/mol. The highest BCUT2D eigenvalue weighted by Gasteiger charge is 2.22. The Labute approximate surface area is 144 Å². The maximum atomic E-state index is 13.3. The molecule has 1 aliphatic rings. The summed E-state index contributed by atoms with van der Waals surface area (Å²) in [6.45, 7) is 2.08. The number of benzene rings is 1. The number of rotatable bonds is 3. The minimum absolute atomic E-state index is 0.129. The molecule has 4 rings (SSSR count). The van der Waals surface area contributed by atoms with Crippen LogP contribution in [0.3, 0.4) is 0 Å². The third-order valence-corrected chi connectivity index (χ3v) is 5.32. The molecule has 25 heavy (non-hydrogen) atoms. The molecule has 130 valence electrons. The molecule has 1 aromatic carbocycles. The largest absolute Gasteiger partial charge is 0.361 e. The molecule has 3 heterocycles. The number of H-pyrrole nitrogens is 1. The lowest BCUT2D eigenvalue weighted by Gasteiger charge is -2.27. The first-order valence-electron chi connectivity index (χ1n) is 7.93. The fraction of sp³-hybridized carbons (Fsp3) is 0.294. The van der Waals surface area contributed by atoms with Gasteiger partial charge in [0.1, 0.15) is 5.82 Å². The van der Waals surface area contributed by atoms with Crippen LogP contribution in [0.2, 0.25) is 0 Å². The second kappa shape index (κ2) is 5.89. The van der Waals surface area contributed by atoms with E-state index in [0.717, 1.165) is 46.9 Å². The molecule has 0 saturated heterocycles. The van der Waals surface area contributed by atoms with Crippen molar-refractivity contribution in [2.45, 2.75) is 24.7 Å². The van der Waals surface area contributed by atoms with E-state index in [4.69, 9.17) is 0 Å². The van der Waals surface area contributed by atoms with Gasteiger partial charge in [-0.25, -0.2) is 22.8 Å². The van der Waals surface area contributed by atoms with Gasteiger partial charge in [0.2, 0.25) is 15.0 Å². The van der Waals surface area contributed by atoms with Crippen LogP contribution in [0.4, 0.5) is 4.39 Å². The molecule has 0 saturated carbocycles. The molecule has 0 spiro atoms. The van der Waals surface area contributed by atoms with Crippen LogP contribution in [0.5, 0.6) is 0 Å². The quantitative estimate of drug-likeness (QED) is 0.724. The normalized spacial score (nSPS) is 15.4. The molecule has 0 fully saturated rings. The first-order valence-corrected chi connectivity index (χ1v) is 9.82. The summed E-state index contributed by atoms with van der Waals surface area (Å²) in [6, 6.07) is 4.71. The van der Waals surface area contributed by atoms with Crippen LogP contribution in [0.1, 0.15) is 16.8 Å². The van der Waals surface area contributed by atoms with E-state index < -0.39 is 9.84 Å². The average Bonchev–Trinajstić information content (AvgIpc) is 2.95. The Morgan fingerprint density at radius 1 is 1.36 bits per heavy atom. The second-order valence-electron chi connectivity index (χ2n) is 6.36. The fourth-order valence-corrected chi connectivity index (χ4v) is 3.70. The highest BCUT2D eigenvalue weighted by Crippen LogP contribution is 2.24. The maximum absolute atomic E-state index is 13.3. The first kappa shape index (κ1) is 16.2. The number of nitrogens with one attached hydrogen (secondary N) is 1. The van der Waals surface area contributed by atoms with Crippen molar-refractivity contribution >= 4 is 20.7 Å². The zero-order chi connectivity index (χ0) is 17.6. The number of nitrogens with zero attached hydrogens (tertiary/aromatic N) is 3. The van der Waals surface area contributed by atoms with Crippen LogP contribution in [0, 0.1) is 5.82 Å². The number of halogens is 1. The van der Waals surface area contributed by atoms with Gasteiger partial charge in [-0.15, -0.1) is 0 Å². The van der Waals surface area contributed by atoms with Crippen LogP contribution < -0.4 is 0 Å². The second-order valence-corrected chi connectivity index (χ2v) is 8.27. The minimum Gasteiger partial charge on any atom is -0.361 e. The van der Waals surface area contributed by atoms with Crippen molar-refractivity contribution in [1.29, 1.82) is 0 Å². The topological polar surface area (TPSA) is 79.0 Å². The molecule has 3 aromatic rings. The van der Waals surface area contributed by atoms with Crippen molar-refractivity contribution in [2.24, 2.45) is 0 Å². The summed E-state index contributed by atoms with van der Waals surface area (Å²) in [7, 11) is -3.42. The summed E-state index contributed by atoms with van der Waals surface area (Å²) < 4.78 is 36.6. The molecular weight excluding hydrogens is 343 g/mol. The van der Waals surface area contributed by atoms with Crippen LogP contribution in [-0.2, 0) is 29.3 Å². The van der Waals surface area contributed by atoms with Crippen molar-refractivity contribution in [3.63, 3.8) is 0 Å². The standard InChI is InChI=1S/C17H17FN4O2S/c1-25(23,24)17-20-7-11-4-5-22(10-16(11)21-17)9-12-8-19-15-6-13(18)2-3-14(12)15/h2-3,6-8,19H,4-5,9-10H2,1H3. The van der Waals surface area contributed by atoms with Crippen molar-refractivity contribution in [3.05, 3.63) is 53.2 Å². The molecule has 8 heteroatoms. The molecule has 1 N–H and O–H groups in total. The summed E-state index contributed by atoms with van der Waals surface area (Å²) in [5.74, 6) is -0.266. The van der Waals surface area contributed by atoms with E-state index in [2.05, 4.69) is 19.9 Å². The minimum atomic E-state index is -3.42. The maximum Gasteiger partial charge on any atom is 0.247 e. The molecule has 0 unspecified atom stereocenters. The third-order valence-electron chi connectivity index (χ3n) is 4.46. The SMILES string of the molecule is CS(=O)(=O)c1ncc2c(n1)CN(Cc1c[nH]c3cc(F)ccc13)CC2. The van der Waals surface area contributed by atoms with E-state index in [0.29, 0.717) is 13.1 Å². The summed E-state index contributed by atoms with van der Waals surface area (Å²) in [5.41, 5.74) is 3.60. The zero-order valence-corrected chi connectivity index (χ0v) is 14.5. The van der Waals surface area contributed by atoms with Crippen LogP contribution in [0.15, 0.2) is 35.7 Å². The fourth-order valence-electron chi connectivity index (χ4n) is 3.18. The van der Waals surface area contributed by atoms with Gasteiger partial charge in [-0.3, -0.25) is 4.90 Å². The Hall–Kier alpha value is -2.32. The van der Waals surface area contributed by atoms with E-state index in [1.54, 1.807) is 12.3 Å². The van der Waals surface area contributed by atoms with E-state index in [1.165, 1.54) is 12.1 Å². The number of hydrogen-bond donors (Lipinski definition) is 1. The lowest BCUT2D eigenvalue weighted by molar-refractivity contribution is 0.241. The zero-order valence-electron chi connectivity index (χ0n) is 13.7. The van der Waals surface area contributed by atoms with E-state index in [-0.39, 0.29) is 11.0 Å². The van der Waals surface area contributed by atoms with E-state index in [9.17, 15) is 12.8 Å². The molecular formula is C17H17FN4O2S. The number of fused-ring (bicyclic) bond motifs is 2. The van der Waals surface area contributed by atoms with Gasteiger partial charge < -0.3 is 4.98 Å². The number of aromatic amines is 1. The van der Waals surface area contributed by atoms with Gasteiger partial charge in [-0.05, 0) is 35.7 Å². The van der Waals surface area contributed by atoms with Crippen molar-refractivity contribution in [1.82, 2.24) is 19.9 Å². The summed E-state index contributed by atoms with van der Waals surface area (Å²) >= 11 is 0. The summed E-state index contributed by atoms with van der Waals surface area (Å²) in [6.07, 6.45) is 5.39. The number of sulfone groups is 1. The molecule has 0 radical (unpaired) electrons. The van der Waals surface area contributed by atoms with Gasteiger partial charge in [0.25, 0.3) is 0 Å². The molecule has 1 aliphatic heterocycles. The highest BCUT2D eigenvalue weighted by molar-refractivity contribution is 7.90. The lowest BCUT2D eigenvalue weighted by atomic mass is 10.1. The highest BCUT2D eigenvalue weighted by atomic mass is 32.2. The summed E-state index contributed by atoms with van der Waals surface area (Å²) in [5, 5.41) is 0.863. The molecule has 0 amide bonds. The molecule has 0 atom stereocenters. The average molecular weight is 360 g/mol. The Kier molecular flexibility index (Phi) is 3.81. The van der Waals surface area contributed by atoms with Gasteiger partial charge >= 0.3 is 0 Å². The van der Waals surface area contributed by atoms with Crippen LogP contribution in [0.25, 0.3) is 10.9 Å². The lowest BCUT2D eigenvalue weighted by Crippen LogP contribution is -2.31. The van der Waals surface area contributed by atoms with E-state index in [1.807, 2.05) is 6.20 Å². The Bertz CT molecular complexity index is 1060. The molecule has 0 bridgehead atoms. The predicted molar refractivity (Wildman–Crippen MR) is 91.2 cm³/mol. The van der Waals surface area contributed by atoms with Crippen molar-refractivity contribution in [3.8, 4) is 0 Å². The Morgan fingerprint density at radius 3 is 3.00 bits per heavy atom. The third kappa shape index (κ3) is 3.14. The predicted octanol–water partition coefficient (Wildman–Crippen LogP) is 2.06. The van der Waals surface area contributed by atoms with Crippen LogP contribution in [-0.4, -0.2) is 41.1 Å². The Balaban J connectivity index is 1.59. The smallest absolute Gasteiger partial charge is 0.247 e. The molecule has 6 nitrogen and oxygen atoms in total. The van der Waals surface area contributed by atoms with Crippen LogP contribution >= 0.6 is 0 Å². The van der Waals surface area contributed by atoms with Gasteiger partial charge in [0.05, 0.1) is 5.69 Å². The Morgan fingerprint density at radius 2 is 2.20 bits per heavy atom. The van der Waals surface area contributed by atoms with Crippen molar-refractivity contribution in [2.75, 3.05) is 12.8 Å². The molecule has 0 aliphatic carbocycles. The summed E-state index contributed by atoms with van der Waals surface area (Å²) in [4.78, 5) is 13.5. The number of hydrogen-bond acceptors (Lipinski definition) is 5. The van der Waals surface area contributed by atoms with Gasteiger partial charge in [-0.2, -0.15) is 0 Å². The first-order chi connectivity index (χ1) is 11.9. The van der Waals surface area contributed by atoms with Crippen molar-refractivity contribution < 1.29 is 12.8 Å². The van der Waals surface area contributed by atoms with E-state index >= 15 is 0 Å². The van der Waals surface area contributed by atoms with Gasteiger partial charge in [-0.1, -0.05) is 0 Å². The molecule has 2 aromatic heterocycles.